The van der Waals surface area contributed by atoms with Gasteiger partial charge in [0.1, 0.15) is 19.0 Å². The maximum atomic E-state index is 5.63. The van der Waals surface area contributed by atoms with Crippen LogP contribution in [0.25, 0.3) is 0 Å². The zero-order valence-electron chi connectivity index (χ0n) is 12.9. The Hall–Kier alpha value is -2.01. The molecule has 1 aliphatic carbocycles. The van der Waals surface area contributed by atoms with Crippen molar-refractivity contribution in [2.75, 3.05) is 20.2 Å². The van der Waals surface area contributed by atoms with Crippen molar-refractivity contribution in [3.63, 3.8) is 0 Å². The summed E-state index contributed by atoms with van der Waals surface area (Å²) in [6.07, 6.45) is 3.97. The second kappa shape index (κ2) is 7.31. The standard InChI is InChI=1S/C17H22N2O3/c1-19(14-6-5-7-14)10-11-20-17-12-16(22-18-17)13-21-15-8-3-2-4-9-15/h2-4,8-9,12,14H,5-7,10-11,13H2,1H3. The first-order chi connectivity index (χ1) is 10.8. The molecular formula is C17H22N2O3. The van der Waals surface area contributed by atoms with E-state index in [0.29, 0.717) is 24.9 Å². The van der Waals surface area contributed by atoms with Crippen molar-refractivity contribution in [2.24, 2.45) is 0 Å². The van der Waals surface area contributed by atoms with Crippen molar-refractivity contribution in [2.45, 2.75) is 31.9 Å². The summed E-state index contributed by atoms with van der Waals surface area (Å²) in [6, 6.07) is 12.1. The highest BCUT2D eigenvalue weighted by Gasteiger charge is 2.21. The molecule has 22 heavy (non-hydrogen) atoms. The summed E-state index contributed by atoms with van der Waals surface area (Å²) < 4.78 is 16.4. The number of hydrogen-bond donors (Lipinski definition) is 0. The minimum atomic E-state index is 0.350. The van der Waals surface area contributed by atoms with Gasteiger partial charge in [-0.25, -0.2) is 0 Å². The third kappa shape index (κ3) is 4.01. The zero-order chi connectivity index (χ0) is 15.2. The molecule has 0 spiro atoms. The van der Waals surface area contributed by atoms with E-state index in [1.807, 2.05) is 30.3 Å². The zero-order valence-corrected chi connectivity index (χ0v) is 12.9. The molecule has 5 heteroatoms. The Kier molecular flexibility index (Phi) is 4.96. The average Bonchev–Trinajstić information content (AvgIpc) is 2.92. The molecule has 1 aromatic carbocycles. The molecule has 1 aromatic heterocycles. The minimum absolute atomic E-state index is 0.350. The Labute approximate surface area is 130 Å². The number of para-hydroxylation sites is 1. The first-order valence-electron chi connectivity index (χ1n) is 7.78. The van der Waals surface area contributed by atoms with Gasteiger partial charge in [0.25, 0.3) is 5.88 Å². The summed E-state index contributed by atoms with van der Waals surface area (Å²) in [5.41, 5.74) is 0. The lowest BCUT2D eigenvalue weighted by molar-refractivity contribution is 0.132. The predicted molar refractivity (Wildman–Crippen MR) is 83.0 cm³/mol. The van der Waals surface area contributed by atoms with Gasteiger partial charge in [0, 0.05) is 18.7 Å². The van der Waals surface area contributed by atoms with Gasteiger partial charge in [-0.05, 0) is 37.2 Å². The normalized spacial score (nSPS) is 14.8. The first kappa shape index (κ1) is 14.9. The topological polar surface area (TPSA) is 47.7 Å². The number of aromatic nitrogens is 1. The first-order valence-corrected chi connectivity index (χ1v) is 7.78. The molecule has 5 nitrogen and oxygen atoms in total. The Bertz CT molecular complexity index is 566. The van der Waals surface area contributed by atoms with E-state index < -0.39 is 0 Å². The van der Waals surface area contributed by atoms with Gasteiger partial charge in [0.15, 0.2) is 5.76 Å². The smallest absolute Gasteiger partial charge is 0.254 e. The molecule has 2 aromatic rings. The van der Waals surface area contributed by atoms with Gasteiger partial charge in [-0.15, -0.1) is 0 Å². The van der Waals surface area contributed by atoms with Crippen LogP contribution >= 0.6 is 0 Å². The van der Waals surface area contributed by atoms with E-state index in [9.17, 15) is 0 Å². The van der Waals surface area contributed by atoms with Gasteiger partial charge in [0.05, 0.1) is 0 Å². The second-order valence-electron chi connectivity index (χ2n) is 5.65. The van der Waals surface area contributed by atoms with Crippen LogP contribution in [0.15, 0.2) is 40.9 Å². The molecule has 3 rings (SSSR count). The number of likely N-dealkylation sites (N-methyl/N-ethyl adjacent to an activating group) is 1. The molecule has 0 unspecified atom stereocenters. The Morgan fingerprint density at radius 1 is 1.23 bits per heavy atom. The Morgan fingerprint density at radius 3 is 2.77 bits per heavy atom. The van der Waals surface area contributed by atoms with Gasteiger partial charge in [-0.2, -0.15) is 0 Å². The lowest BCUT2D eigenvalue weighted by atomic mass is 9.92. The highest BCUT2D eigenvalue weighted by atomic mass is 16.5. The van der Waals surface area contributed by atoms with E-state index in [4.69, 9.17) is 14.0 Å². The summed E-state index contributed by atoms with van der Waals surface area (Å²) in [6.45, 7) is 1.88. The molecule has 0 amide bonds. The lowest BCUT2D eigenvalue weighted by Gasteiger charge is -2.34. The van der Waals surface area contributed by atoms with Gasteiger partial charge >= 0.3 is 0 Å². The van der Waals surface area contributed by atoms with Crippen molar-refractivity contribution in [1.82, 2.24) is 10.1 Å². The summed E-state index contributed by atoms with van der Waals surface area (Å²) in [4.78, 5) is 2.35. The largest absolute Gasteiger partial charge is 0.486 e. The number of hydrogen-bond acceptors (Lipinski definition) is 5. The molecular weight excluding hydrogens is 280 g/mol. The van der Waals surface area contributed by atoms with Crippen LogP contribution in [0.4, 0.5) is 0 Å². The third-order valence-electron chi connectivity index (χ3n) is 4.05. The van der Waals surface area contributed by atoms with Crippen LogP contribution < -0.4 is 9.47 Å². The molecule has 1 heterocycles. The van der Waals surface area contributed by atoms with Crippen molar-refractivity contribution >= 4 is 0 Å². The van der Waals surface area contributed by atoms with Gasteiger partial charge in [-0.1, -0.05) is 24.6 Å². The van der Waals surface area contributed by atoms with E-state index in [0.717, 1.165) is 18.3 Å². The molecule has 0 bridgehead atoms. The predicted octanol–water partition coefficient (Wildman–Crippen LogP) is 3.12. The van der Waals surface area contributed by atoms with E-state index in [-0.39, 0.29) is 0 Å². The summed E-state index contributed by atoms with van der Waals surface area (Å²) in [5, 5.41) is 3.91. The molecule has 1 saturated carbocycles. The van der Waals surface area contributed by atoms with Crippen molar-refractivity contribution < 1.29 is 14.0 Å². The number of nitrogens with zero attached hydrogens (tertiary/aromatic N) is 2. The summed E-state index contributed by atoms with van der Waals surface area (Å²) in [7, 11) is 2.15. The summed E-state index contributed by atoms with van der Waals surface area (Å²) >= 11 is 0. The molecule has 1 fully saturated rings. The molecule has 0 atom stereocenters. The van der Waals surface area contributed by atoms with E-state index in [1.54, 1.807) is 6.07 Å². The van der Waals surface area contributed by atoms with Crippen LogP contribution in [0.5, 0.6) is 11.6 Å². The van der Waals surface area contributed by atoms with Gasteiger partial charge in [-0.3, -0.25) is 0 Å². The quantitative estimate of drug-likeness (QED) is 0.750. The lowest BCUT2D eigenvalue weighted by Crippen LogP contribution is -2.39. The van der Waals surface area contributed by atoms with Gasteiger partial charge < -0.3 is 18.9 Å². The van der Waals surface area contributed by atoms with E-state index >= 15 is 0 Å². The molecule has 0 saturated heterocycles. The molecule has 0 aliphatic heterocycles. The Balaban J connectivity index is 1.39. The minimum Gasteiger partial charge on any atom is -0.486 e. The number of ether oxygens (including phenoxy) is 2. The average molecular weight is 302 g/mol. The molecule has 0 radical (unpaired) electrons. The fourth-order valence-corrected chi connectivity index (χ4v) is 2.41. The third-order valence-corrected chi connectivity index (χ3v) is 4.05. The SMILES string of the molecule is CN(CCOc1cc(COc2ccccc2)on1)C1CCC1. The van der Waals surface area contributed by atoms with Crippen molar-refractivity contribution in [3.05, 3.63) is 42.2 Å². The van der Waals surface area contributed by atoms with Crippen LogP contribution in [0.1, 0.15) is 25.0 Å². The monoisotopic (exact) mass is 302 g/mol. The summed E-state index contributed by atoms with van der Waals surface area (Å²) in [5.74, 6) is 1.99. The van der Waals surface area contributed by atoms with Crippen LogP contribution in [0.3, 0.4) is 0 Å². The maximum Gasteiger partial charge on any atom is 0.254 e. The molecule has 0 N–H and O–H groups in total. The Morgan fingerprint density at radius 2 is 2.05 bits per heavy atom. The van der Waals surface area contributed by atoms with E-state index in [2.05, 4.69) is 17.1 Å². The molecule has 1 aliphatic rings. The number of benzene rings is 1. The van der Waals surface area contributed by atoms with Crippen molar-refractivity contribution in [1.29, 1.82) is 0 Å². The maximum absolute atomic E-state index is 5.63. The van der Waals surface area contributed by atoms with Gasteiger partial charge in [0.2, 0.25) is 0 Å². The van der Waals surface area contributed by atoms with Crippen molar-refractivity contribution in [3.8, 4) is 11.6 Å². The van der Waals surface area contributed by atoms with Crippen LogP contribution in [-0.4, -0.2) is 36.3 Å². The van der Waals surface area contributed by atoms with Crippen LogP contribution in [0.2, 0.25) is 0 Å². The fraction of sp³-hybridized carbons (Fsp3) is 0.471. The van der Waals surface area contributed by atoms with E-state index in [1.165, 1.54) is 19.3 Å². The van der Waals surface area contributed by atoms with Crippen LogP contribution in [-0.2, 0) is 6.61 Å². The fourth-order valence-electron chi connectivity index (χ4n) is 2.41. The molecule has 118 valence electrons. The highest BCUT2D eigenvalue weighted by Crippen LogP contribution is 2.23. The highest BCUT2D eigenvalue weighted by molar-refractivity contribution is 5.21. The second-order valence-corrected chi connectivity index (χ2v) is 5.65. The van der Waals surface area contributed by atoms with Crippen LogP contribution in [0, 0.1) is 0 Å². The number of rotatable bonds is 8.